The van der Waals surface area contributed by atoms with Gasteiger partial charge in [0.2, 0.25) is 0 Å². The molecular formula is C22H30O2. The van der Waals surface area contributed by atoms with Crippen LogP contribution in [0.25, 0.3) is 0 Å². The Morgan fingerprint density at radius 1 is 0.875 bits per heavy atom. The van der Waals surface area contributed by atoms with E-state index in [1.54, 1.807) is 0 Å². The molecular weight excluding hydrogens is 296 g/mol. The zero-order valence-electron chi connectivity index (χ0n) is 15.5. The van der Waals surface area contributed by atoms with Gasteiger partial charge >= 0.3 is 0 Å². The number of ketones is 1. The quantitative estimate of drug-likeness (QED) is 0.613. The average molecular weight is 326 g/mol. The maximum Gasteiger partial charge on any atom is 0.165 e. The van der Waals surface area contributed by atoms with E-state index in [1.165, 1.54) is 5.56 Å². The van der Waals surface area contributed by atoms with E-state index < -0.39 is 0 Å². The first kappa shape index (κ1) is 20.1. The first-order valence-corrected chi connectivity index (χ1v) is 8.73. The first-order chi connectivity index (χ1) is 11.5. The molecule has 0 aliphatic carbocycles. The average Bonchev–Trinajstić information content (AvgIpc) is 2.60. The van der Waals surface area contributed by atoms with Crippen molar-refractivity contribution in [1.82, 2.24) is 0 Å². The topological polar surface area (TPSA) is 26.3 Å². The second-order valence-electron chi connectivity index (χ2n) is 6.42. The van der Waals surface area contributed by atoms with Gasteiger partial charge in [0.25, 0.3) is 0 Å². The van der Waals surface area contributed by atoms with Crippen LogP contribution in [0.15, 0.2) is 60.7 Å². The number of carbonyl (C=O) groups excluding carboxylic acids is 1. The van der Waals surface area contributed by atoms with Gasteiger partial charge in [0.15, 0.2) is 5.78 Å². The lowest BCUT2D eigenvalue weighted by Gasteiger charge is -2.20. The molecule has 0 aliphatic rings. The molecule has 1 atom stereocenters. The Balaban J connectivity index is 0.000000243. The van der Waals surface area contributed by atoms with Crippen molar-refractivity contribution >= 4 is 5.78 Å². The van der Waals surface area contributed by atoms with Crippen molar-refractivity contribution in [3.05, 3.63) is 71.8 Å². The first-order valence-electron chi connectivity index (χ1n) is 8.73. The van der Waals surface area contributed by atoms with Gasteiger partial charge in [0, 0.05) is 18.1 Å². The van der Waals surface area contributed by atoms with Gasteiger partial charge in [-0.05, 0) is 18.4 Å². The van der Waals surface area contributed by atoms with Gasteiger partial charge < -0.3 is 4.74 Å². The van der Waals surface area contributed by atoms with Crippen molar-refractivity contribution in [3.8, 4) is 0 Å². The summed E-state index contributed by atoms with van der Waals surface area (Å²) in [5.74, 6) is 0.838. The fraction of sp³-hybridized carbons (Fsp3) is 0.409. The van der Waals surface area contributed by atoms with Crippen LogP contribution in [0, 0.1) is 11.8 Å². The SMILES string of the molecule is CC(C)C(=O)c1ccccc1.CCOC(c1ccccc1)C(C)C. The number of benzene rings is 2. The lowest BCUT2D eigenvalue weighted by atomic mass is 9.99. The van der Waals surface area contributed by atoms with Crippen LogP contribution in [0.2, 0.25) is 0 Å². The van der Waals surface area contributed by atoms with E-state index in [0.29, 0.717) is 5.92 Å². The molecule has 1 unspecified atom stereocenters. The Labute approximate surface area is 146 Å². The summed E-state index contributed by atoms with van der Waals surface area (Å²) >= 11 is 0. The predicted molar refractivity (Wildman–Crippen MR) is 101 cm³/mol. The van der Waals surface area contributed by atoms with Crippen LogP contribution in [0.5, 0.6) is 0 Å². The van der Waals surface area contributed by atoms with Crippen LogP contribution in [-0.2, 0) is 4.74 Å². The summed E-state index contributed by atoms with van der Waals surface area (Å²) in [4.78, 5) is 11.3. The molecule has 0 N–H and O–H groups in total. The Morgan fingerprint density at radius 2 is 1.38 bits per heavy atom. The highest BCUT2D eigenvalue weighted by atomic mass is 16.5. The molecule has 0 heterocycles. The lowest BCUT2D eigenvalue weighted by molar-refractivity contribution is 0.0294. The highest BCUT2D eigenvalue weighted by Gasteiger charge is 2.14. The molecule has 24 heavy (non-hydrogen) atoms. The zero-order valence-corrected chi connectivity index (χ0v) is 15.5. The van der Waals surface area contributed by atoms with Crippen LogP contribution >= 0.6 is 0 Å². The third-order valence-corrected chi connectivity index (χ3v) is 3.66. The van der Waals surface area contributed by atoms with Crippen LogP contribution < -0.4 is 0 Å². The summed E-state index contributed by atoms with van der Waals surface area (Å²) in [6, 6.07) is 19.8. The maximum absolute atomic E-state index is 11.3. The van der Waals surface area contributed by atoms with E-state index >= 15 is 0 Å². The minimum Gasteiger partial charge on any atom is -0.374 e. The summed E-state index contributed by atoms with van der Waals surface area (Å²) in [6.45, 7) is 11.0. The molecule has 2 aromatic carbocycles. The van der Waals surface area contributed by atoms with Crippen molar-refractivity contribution < 1.29 is 9.53 Å². The number of Topliss-reactive ketones (excluding diaryl/α,β-unsaturated/α-hetero) is 1. The minimum absolute atomic E-state index is 0.0948. The standard InChI is InChI=1S/C12H18O.C10H12O/c1-4-13-12(10(2)3)11-8-6-5-7-9-11;1-8(2)10(11)9-6-4-3-5-7-9/h5-10,12H,4H2,1-3H3;3-8H,1-2H3. The van der Waals surface area contributed by atoms with Crippen molar-refractivity contribution in [2.24, 2.45) is 11.8 Å². The van der Waals surface area contributed by atoms with Crippen molar-refractivity contribution in [1.29, 1.82) is 0 Å². The summed E-state index contributed by atoms with van der Waals surface area (Å²) in [6.07, 6.45) is 0.242. The molecule has 0 amide bonds. The van der Waals surface area contributed by atoms with Crippen molar-refractivity contribution in [2.75, 3.05) is 6.61 Å². The number of ether oxygens (including phenoxy) is 1. The number of rotatable bonds is 6. The molecule has 130 valence electrons. The van der Waals surface area contributed by atoms with Crippen LogP contribution in [0.4, 0.5) is 0 Å². The molecule has 0 radical (unpaired) electrons. The van der Waals surface area contributed by atoms with Gasteiger partial charge in [-0.15, -0.1) is 0 Å². The van der Waals surface area contributed by atoms with Gasteiger partial charge in [-0.25, -0.2) is 0 Å². The third-order valence-electron chi connectivity index (χ3n) is 3.66. The summed E-state index contributed by atoms with van der Waals surface area (Å²) < 4.78 is 5.69. The Kier molecular flexibility index (Phi) is 9.03. The Morgan fingerprint density at radius 3 is 1.79 bits per heavy atom. The van der Waals surface area contributed by atoms with Crippen LogP contribution in [-0.4, -0.2) is 12.4 Å². The minimum atomic E-state index is 0.0948. The second-order valence-corrected chi connectivity index (χ2v) is 6.42. The number of hydrogen-bond acceptors (Lipinski definition) is 2. The molecule has 2 nitrogen and oxygen atoms in total. The van der Waals surface area contributed by atoms with Gasteiger partial charge in [-0.2, -0.15) is 0 Å². The molecule has 0 spiro atoms. The Bertz CT molecular complexity index is 573. The van der Waals surface area contributed by atoms with E-state index in [9.17, 15) is 4.79 Å². The van der Waals surface area contributed by atoms with E-state index in [2.05, 4.69) is 38.1 Å². The largest absolute Gasteiger partial charge is 0.374 e. The van der Waals surface area contributed by atoms with Crippen LogP contribution in [0.1, 0.15) is 56.6 Å². The van der Waals surface area contributed by atoms with E-state index in [1.807, 2.05) is 57.2 Å². The fourth-order valence-electron chi connectivity index (χ4n) is 2.43. The van der Waals surface area contributed by atoms with Gasteiger partial charge in [0.1, 0.15) is 0 Å². The van der Waals surface area contributed by atoms with Crippen LogP contribution in [0.3, 0.4) is 0 Å². The molecule has 0 saturated heterocycles. The lowest BCUT2D eigenvalue weighted by Crippen LogP contribution is -2.10. The Hall–Kier alpha value is -1.93. The molecule has 2 aromatic rings. The van der Waals surface area contributed by atoms with E-state index in [0.717, 1.165) is 12.2 Å². The van der Waals surface area contributed by atoms with Gasteiger partial charge in [-0.3, -0.25) is 4.79 Å². The molecule has 0 aromatic heterocycles. The molecule has 0 fully saturated rings. The van der Waals surface area contributed by atoms with Gasteiger partial charge in [0.05, 0.1) is 6.10 Å². The summed E-state index contributed by atoms with van der Waals surface area (Å²) in [5, 5.41) is 0. The second kappa shape index (κ2) is 10.8. The highest BCUT2D eigenvalue weighted by molar-refractivity contribution is 5.97. The van der Waals surface area contributed by atoms with Crippen molar-refractivity contribution in [2.45, 2.75) is 40.7 Å². The highest BCUT2D eigenvalue weighted by Crippen LogP contribution is 2.25. The molecule has 2 rings (SSSR count). The molecule has 0 saturated carbocycles. The third kappa shape index (κ3) is 6.67. The fourth-order valence-corrected chi connectivity index (χ4v) is 2.43. The zero-order chi connectivity index (χ0) is 17.9. The van der Waals surface area contributed by atoms with Gasteiger partial charge in [-0.1, -0.05) is 88.4 Å². The number of hydrogen-bond donors (Lipinski definition) is 0. The summed E-state index contributed by atoms with van der Waals surface area (Å²) in [7, 11) is 0. The molecule has 2 heteroatoms. The normalized spacial score (nSPS) is 11.8. The van der Waals surface area contributed by atoms with E-state index in [4.69, 9.17) is 4.74 Å². The van der Waals surface area contributed by atoms with E-state index in [-0.39, 0.29) is 17.8 Å². The molecule has 0 aliphatic heterocycles. The maximum atomic E-state index is 11.3. The monoisotopic (exact) mass is 326 g/mol. The van der Waals surface area contributed by atoms with Crippen molar-refractivity contribution in [3.63, 3.8) is 0 Å². The molecule has 0 bridgehead atoms. The smallest absolute Gasteiger partial charge is 0.165 e. The number of carbonyl (C=O) groups is 1. The summed E-state index contributed by atoms with van der Waals surface area (Å²) in [5.41, 5.74) is 2.09. The predicted octanol–water partition coefficient (Wildman–Crippen LogP) is 5.95.